The zero-order chi connectivity index (χ0) is 25.0. The lowest BCUT2D eigenvalue weighted by Gasteiger charge is -2.11. The molecule has 0 unspecified atom stereocenters. The van der Waals surface area contributed by atoms with Gasteiger partial charge in [0.15, 0.2) is 0 Å². The summed E-state index contributed by atoms with van der Waals surface area (Å²) in [5.41, 5.74) is 0. The van der Waals surface area contributed by atoms with Crippen LogP contribution in [0.2, 0.25) is 0 Å². The van der Waals surface area contributed by atoms with E-state index in [-0.39, 0.29) is 19.3 Å². The molecule has 0 aliphatic carbocycles. The molecule has 13 heteroatoms. The molecule has 5 N–H and O–H groups in total. The van der Waals surface area contributed by atoms with Crippen molar-refractivity contribution in [1.29, 1.82) is 0 Å². The van der Waals surface area contributed by atoms with Gasteiger partial charge in [0.05, 0.1) is 0 Å². The first-order valence-electron chi connectivity index (χ1n) is 11.7. The number of amides is 1. The predicted octanol–water partition coefficient (Wildman–Crippen LogP) is 3.25. The number of hydrogen-bond acceptors (Lipinski definition) is 10. The minimum atomic E-state index is -0.799. The van der Waals surface area contributed by atoms with E-state index < -0.39 is 17.8 Å². The van der Waals surface area contributed by atoms with Gasteiger partial charge in [-0.3, -0.25) is 14.4 Å². The summed E-state index contributed by atoms with van der Waals surface area (Å²) in [6.45, 7) is 1.77. The number of nitrogens with zero attached hydrogens (tertiary/aromatic N) is 4. The van der Waals surface area contributed by atoms with E-state index in [1.165, 1.54) is 0 Å². The van der Waals surface area contributed by atoms with Gasteiger partial charge in [0, 0.05) is 44.1 Å². The SMILES string of the molecule is O=NC(=O)CCCCCNc1nc(NCCCCCC(=O)O)nc(NCCCCCC(=O)O)n1. The first kappa shape index (κ1) is 28.7. The second kappa shape index (κ2) is 18.1. The van der Waals surface area contributed by atoms with Gasteiger partial charge in [-0.2, -0.15) is 15.0 Å². The highest BCUT2D eigenvalue weighted by atomic mass is 16.4. The van der Waals surface area contributed by atoms with Crippen LogP contribution in [-0.4, -0.2) is 62.6 Å². The summed E-state index contributed by atoms with van der Waals surface area (Å²) in [6, 6.07) is 0. The zero-order valence-corrected chi connectivity index (χ0v) is 19.4. The van der Waals surface area contributed by atoms with Gasteiger partial charge in [0.2, 0.25) is 17.8 Å². The summed E-state index contributed by atoms with van der Waals surface area (Å²) in [4.78, 5) is 55.2. The topological polar surface area (TPSA) is 196 Å². The molecule has 0 aliphatic rings. The number of nitroso groups, excluding NO2 is 1. The molecule has 1 aromatic rings. The minimum absolute atomic E-state index is 0.149. The van der Waals surface area contributed by atoms with Gasteiger partial charge < -0.3 is 26.2 Å². The number of carbonyl (C=O) groups is 3. The summed E-state index contributed by atoms with van der Waals surface area (Å²) in [6.07, 6.45) is 6.90. The van der Waals surface area contributed by atoms with Crippen LogP contribution in [0.4, 0.5) is 17.8 Å². The van der Waals surface area contributed by atoms with Crippen LogP contribution in [0.3, 0.4) is 0 Å². The van der Waals surface area contributed by atoms with Crippen molar-refractivity contribution in [3.8, 4) is 0 Å². The van der Waals surface area contributed by atoms with Crippen LogP contribution in [0.25, 0.3) is 0 Å². The number of carbonyl (C=O) groups excluding carboxylic acids is 1. The summed E-state index contributed by atoms with van der Waals surface area (Å²) >= 11 is 0. The van der Waals surface area contributed by atoms with Crippen molar-refractivity contribution in [2.45, 2.75) is 77.0 Å². The highest BCUT2D eigenvalue weighted by Crippen LogP contribution is 2.11. The Hall–Kier alpha value is -3.38. The van der Waals surface area contributed by atoms with Crippen molar-refractivity contribution in [3.63, 3.8) is 0 Å². The molecule has 0 radical (unpaired) electrons. The lowest BCUT2D eigenvalue weighted by atomic mass is 10.2. The quantitative estimate of drug-likeness (QED) is 0.127. The molecule has 1 aromatic heterocycles. The third kappa shape index (κ3) is 15.4. The number of carboxylic acids is 2. The van der Waals surface area contributed by atoms with Crippen LogP contribution in [0.5, 0.6) is 0 Å². The molecule has 1 heterocycles. The van der Waals surface area contributed by atoms with Gasteiger partial charge in [0.1, 0.15) is 0 Å². The highest BCUT2D eigenvalue weighted by Gasteiger charge is 2.07. The molecule has 0 atom stereocenters. The van der Waals surface area contributed by atoms with E-state index in [9.17, 15) is 19.3 Å². The molecule has 34 heavy (non-hydrogen) atoms. The Labute approximate surface area is 198 Å². The van der Waals surface area contributed by atoms with Crippen LogP contribution in [0.1, 0.15) is 77.0 Å². The molecule has 13 nitrogen and oxygen atoms in total. The number of rotatable bonds is 21. The molecule has 1 rings (SSSR count). The number of unbranched alkanes of at least 4 members (excludes halogenated alkanes) is 6. The molecule has 0 bridgehead atoms. The Morgan fingerprint density at radius 2 is 0.941 bits per heavy atom. The Bertz CT molecular complexity index is 734. The monoisotopic (exact) mass is 481 g/mol. The Balaban J connectivity index is 2.51. The molecule has 0 aromatic carbocycles. The van der Waals surface area contributed by atoms with E-state index in [2.05, 4.69) is 36.1 Å². The summed E-state index contributed by atoms with van der Waals surface area (Å²) in [5.74, 6) is -1.05. The number of hydrogen-bond donors (Lipinski definition) is 5. The van der Waals surface area contributed by atoms with Crippen LogP contribution in [0.15, 0.2) is 5.18 Å². The second-order valence-electron chi connectivity index (χ2n) is 7.79. The molecule has 0 saturated carbocycles. The van der Waals surface area contributed by atoms with Crippen molar-refractivity contribution in [2.24, 2.45) is 5.18 Å². The van der Waals surface area contributed by atoms with Crippen molar-refractivity contribution < 1.29 is 24.6 Å². The largest absolute Gasteiger partial charge is 0.481 e. The van der Waals surface area contributed by atoms with E-state index in [0.717, 1.165) is 38.5 Å². The highest BCUT2D eigenvalue weighted by molar-refractivity contribution is 5.76. The average Bonchev–Trinajstić information content (AvgIpc) is 2.80. The lowest BCUT2D eigenvalue weighted by Crippen LogP contribution is -2.14. The lowest BCUT2D eigenvalue weighted by molar-refractivity contribution is -0.138. The number of nitrogens with one attached hydrogen (secondary N) is 3. The van der Waals surface area contributed by atoms with E-state index in [0.29, 0.717) is 56.7 Å². The fourth-order valence-electron chi connectivity index (χ4n) is 2.99. The Kier molecular flexibility index (Phi) is 15.2. The first-order chi connectivity index (χ1) is 16.4. The van der Waals surface area contributed by atoms with Crippen molar-refractivity contribution in [3.05, 3.63) is 4.91 Å². The summed E-state index contributed by atoms with van der Waals surface area (Å²) < 4.78 is 0. The number of aromatic nitrogens is 3. The van der Waals surface area contributed by atoms with Crippen LogP contribution in [-0.2, 0) is 14.4 Å². The molecule has 0 spiro atoms. The maximum Gasteiger partial charge on any atom is 0.303 e. The average molecular weight is 482 g/mol. The van der Waals surface area contributed by atoms with Crippen LogP contribution in [0, 0.1) is 4.91 Å². The zero-order valence-electron chi connectivity index (χ0n) is 19.4. The minimum Gasteiger partial charge on any atom is -0.481 e. The second-order valence-corrected chi connectivity index (χ2v) is 7.79. The van der Waals surface area contributed by atoms with E-state index in [1.807, 2.05) is 0 Å². The Morgan fingerprint density at radius 3 is 1.26 bits per heavy atom. The van der Waals surface area contributed by atoms with Crippen LogP contribution < -0.4 is 16.0 Å². The van der Waals surface area contributed by atoms with Gasteiger partial charge >= 0.3 is 11.9 Å². The number of anilines is 3. The van der Waals surface area contributed by atoms with Gasteiger partial charge in [-0.25, -0.2) is 0 Å². The number of aliphatic carboxylic acids is 2. The van der Waals surface area contributed by atoms with E-state index >= 15 is 0 Å². The predicted molar refractivity (Wildman–Crippen MR) is 127 cm³/mol. The first-order valence-corrected chi connectivity index (χ1v) is 11.7. The van der Waals surface area contributed by atoms with Gasteiger partial charge in [-0.15, -0.1) is 4.91 Å². The standard InChI is InChI=1S/C21H35N7O6/c29-16(28-34)10-4-1-7-13-22-19-25-20(23-14-8-2-5-11-17(30)31)27-21(26-19)24-15-9-3-6-12-18(32)33/h1-15H2,(H,30,31)(H,32,33)(H3,22,23,24,25,26,27). The molecular formula is C21H35N7O6. The van der Waals surface area contributed by atoms with Gasteiger partial charge in [-0.05, 0) is 38.5 Å². The molecular weight excluding hydrogens is 446 g/mol. The smallest absolute Gasteiger partial charge is 0.303 e. The van der Waals surface area contributed by atoms with Crippen molar-refractivity contribution >= 4 is 35.7 Å². The van der Waals surface area contributed by atoms with Crippen molar-refractivity contribution in [1.82, 2.24) is 15.0 Å². The number of carboxylic acid groups (broad SMARTS) is 2. The van der Waals surface area contributed by atoms with E-state index in [1.54, 1.807) is 0 Å². The summed E-state index contributed by atoms with van der Waals surface area (Å²) in [7, 11) is 0. The van der Waals surface area contributed by atoms with E-state index in [4.69, 9.17) is 10.2 Å². The third-order valence-corrected chi connectivity index (χ3v) is 4.79. The maximum absolute atomic E-state index is 10.9. The summed E-state index contributed by atoms with van der Waals surface area (Å²) in [5, 5.41) is 29.2. The molecule has 190 valence electrons. The fraction of sp³-hybridized carbons (Fsp3) is 0.714. The molecule has 0 saturated heterocycles. The normalized spacial score (nSPS) is 10.5. The van der Waals surface area contributed by atoms with Gasteiger partial charge in [-0.1, -0.05) is 19.3 Å². The van der Waals surface area contributed by atoms with Crippen molar-refractivity contribution in [2.75, 3.05) is 35.6 Å². The van der Waals surface area contributed by atoms with Gasteiger partial charge in [0.25, 0.3) is 5.91 Å². The molecule has 1 amide bonds. The maximum atomic E-state index is 10.9. The Morgan fingerprint density at radius 1 is 0.588 bits per heavy atom. The van der Waals surface area contributed by atoms with Crippen LogP contribution >= 0.6 is 0 Å². The molecule has 0 aliphatic heterocycles. The molecule has 0 fully saturated rings. The third-order valence-electron chi connectivity index (χ3n) is 4.79. The fourth-order valence-corrected chi connectivity index (χ4v) is 2.99.